The van der Waals surface area contributed by atoms with Gasteiger partial charge in [-0.3, -0.25) is 0 Å². The van der Waals surface area contributed by atoms with Crippen molar-refractivity contribution in [2.75, 3.05) is 6.54 Å². The highest BCUT2D eigenvalue weighted by molar-refractivity contribution is 5.76. The first kappa shape index (κ1) is 11.1. The van der Waals surface area contributed by atoms with Crippen molar-refractivity contribution in [1.29, 1.82) is 0 Å². The number of rotatable bonds is 4. The Labute approximate surface area is 96.1 Å². The molecule has 0 aliphatic rings. The molecule has 1 aromatic heterocycles. The van der Waals surface area contributed by atoms with Crippen LogP contribution in [0.25, 0.3) is 11.0 Å². The number of nitrogens with one attached hydrogen (secondary N) is 1. The number of H-pyrrole nitrogens is 1. The zero-order valence-corrected chi connectivity index (χ0v) is 9.96. The number of fused-ring (bicyclic) bond motifs is 1. The Kier molecular flexibility index (Phi) is 3.25. The highest BCUT2D eigenvalue weighted by Crippen LogP contribution is 2.20. The van der Waals surface area contributed by atoms with E-state index in [0.29, 0.717) is 12.5 Å². The molecule has 86 valence electrons. The van der Waals surface area contributed by atoms with Crippen molar-refractivity contribution >= 4 is 11.0 Å². The summed E-state index contributed by atoms with van der Waals surface area (Å²) in [4.78, 5) is 7.98. The highest BCUT2D eigenvalue weighted by atomic mass is 14.9. The maximum atomic E-state index is 5.73. The van der Waals surface area contributed by atoms with Crippen LogP contribution in [0.1, 0.15) is 37.6 Å². The first-order valence-corrected chi connectivity index (χ1v) is 5.97. The van der Waals surface area contributed by atoms with E-state index >= 15 is 0 Å². The summed E-state index contributed by atoms with van der Waals surface area (Å²) in [6, 6.07) is 6.39. The third-order valence-electron chi connectivity index (χ3n) is 3.14. The van der Waals surface area contributed by atoms with Crippen molar-refractivity contribution in [3.8, 4) is 0 Å². The summed E-state index contributed by atoms with van der Waals surface area (Å²) in [7, 11) is 0. The third kappa shape index (κ3) is 1.95. The van der Waals surface area contributed by atoms with E-state index < -0.39 is 0 Å². The quantitative estimate of drug-likeness (QED) is 0.827. The molecule has 0 aliphatic heterocycles. The van der Waals surface area contributed by atoms with E-state index in [0.717, 1.165) is 29.7 Å². The monoisotopic (exact) mass is 217 g/mol. The maximum absolute atomic E-state index is 5.73. The normalized spacial score (nSPS) is 13.2. The van der Waals surface area contributed by atoms with Gasteiger partial charge in [0.25, 0.3) is 0 Å². The van der Waals surface area contributed by atoms with Gasteiger partial charge in [0.05, 0.1) is 11.0 Å². The molecule has 0 saturated heterocycles. The van der Waals surface area contributed by atoms with Gasteiger partial charge in [-0.2, -0.15) is 0 Å². The zero-order valence-electron chi connectivity index (χ0n) is 9.96. The van der Waals surface area contributed by atoms with Gasteiger partial charge in [-0.25, -0.2) is 4.98 Å². The summed E-state index contributed by atoms with van der Waals surface area (Å²) in [6.07, 6.45) is 2.08. The Balaban J connectivity index is 2.43. The first-order chi connectivity index (χ1) is 7.78. The summed E-state index contributed by atoms with van der Waals surface area (Å²) in [6.45, 7) is 4.95. The van der Waals surface area contributed by atoms with Gasteiger partial charge in [-0.05, 0) is 30.5 Å². The lowest BCUT2D eigenvalue weighted by Crippen LogP contribution is -2.12. The topological polar surface area (TPSA) is 54.7 Å². The van der Waals surface area contributed by atoms with E-state index in [1.807, 2.05) is 0 Å². The van der Waals surface area contributed by atoms with Gasteiger partial charge in [0.1, 0.15) is 5.82 Å². The molecular formula is C13H19N3. The largest absolute Gasteiger partial charge is 0.342 e. The number of aromatic amines is 1. The number of aryl methyl sites for hydroxylation is 1. The van der Waals surface area contributed by atoms with Crippen molar-refractivity contribution in [2.24, 2.45) is 5.73 Å². The van der Waals surface area contributed by atoms with E-state index in [1.54, 1.807) is 0 Å². The molecule has 1 unspecified atom stereocenters. The van der Waals surface area contributed by atoms with E-state index in [1.165, 1.54) is 5.56 Å². The summed E-state index contributed by atoms with van der Waals surface area (Å²) >= 11 is 0. The number of aromatic nitrogens is 2. The molecule has 2 rings (SSSR count). The van der Waals surface area contributed by atoms with Gasteiger partial charge in [0.2, 0.25) is 0 Å². The molecular weight excluding hydrogens is 198 g/mol. The second-order valence-corrected chi connectivity index (χ2v) is 4.17. The van der Waals surface area contributed by atoms with Crippen molar-refractivity contribution in [1.82, 2.24) is 9.97 Å². The van der Waals surface area contributed by atoms with Gasteiger partial charge in [0, 0.05) is 12.5 Å². The fourth-order valence-electron chi connectivity index (χ4n) is 1.96. The summed E-state index contributed by atoms with van der Waals surface area (Å²) < 4.78 is 0. The van der Waals surface area contributed by atoms with Crippen LogP contribution in [0.2, 0.25) is 0 Å². The van der Waals surface area contributed by atoms with Gasteiger partial charge in [0.15, 0.2) is 0 Å². The molecule has 3 nitrogen and oxygen atoms in total. The van der Waals surface area contributed by atoms with Crippen molar-refractivity contribution < 1.29 is 0 Å². The smallest absolute Gasteiger partial charge is 0.111 e. The van der Waals surface area contributed by atoms with Crippen molar-refractivity contribution in [3.63, 3.8) is 0 Å². The summed E-state index contributed by atoms with van der Waals surface area (Å²) in [5.41, 5.74) is 9.24. The second-order valence-electron chi connectivity index (χ2n) is 4.17. The molecule has 0 spiro atoms. The third-order valence-corrected chi connectivity index (χ3v) is 3.14. The van der Waals surface area contributed by atoms with Crippen LogP contribution in [-0.2, 0) is 6.42 Å². The molecule has 1 heterocycles. The molecule has 0 amide bonds. The fourth-order valence-corrected chi connectivity index (χ4v) is 1.96. The maximum Gasteiger partial charge on any atom is 0.111 e. The zero-order chi connectivity index (χ0) is 11.5. The number of hydrogen-bond acceptors (Lipinski definition) is 2. The van der Waals surface area contributed by atoms with Gasteiger partial charge < -0.3 is 10.7 Å². The molecule has 1 aromatic carbocycles. The Morgan fingerprint density at radius 3 is 2.81 bits per heavy atom. The Morgan fingerprint density at radius 2 is 2.19 bits per heavy atom. The first-order valence-electron chi connectivity index (χ1n) is 5.97. The van der Waals surface area contributed by atoms with E-state index in [9.17, 15) is 0 Å². The number of benzene rings is 1. The van der Waals surface area contributed by atoms with E-state index in [2.05, 4.69) is 42.0 Å². The minimum Gasteiger partial charge on any atom is -0.342 e. The van der Waals surface area contributed by atoms with Crippen LogP contribution in [-0.4, -0.2) is 16.5 Å². The minimum atomic E-state index is 0.345. The van der Waals surface area contributed by atoms with Crippen LogP contribution in [0.4, 0.5) is 0 Å². The molecule has 0 saturated carbocycles. The molecule has 1 atom stereocenters. The molecule has 0 radical (unpaired) electrons. The van der Waals surface area contributed by atoms with E-state index in [4.69, 9.17) is 5.73 Å². The molecule has 0 aliphatic carbocycles. The minimum absolute atomic E-state index is 0.345. The standard InChI is InChI=1S/C13H19N3/c1-3-9-5-6-11-12(7-9)16-13(15-11)10(4-2)8-14/h5-7,10H,3-4,8,14H2,1-2H3,(H,15,16). The van der Waals surface area contributed by atoms with Crippen LogP contribution in [0, 0.1) is 0 Å². The lowest BCUT2D eigenvalue weighted by molar-refractivity contribution is 0.641. The number of nitrogens with two attached hydrogens (primary N) is 1. The highest BCUT2D eigenvalue weighted by Gasteiger charge is 2.12. The fraction of sp³-hybridized carbons (Fsp3) is 0.462. The van der Waals surface area contributed by atoms with E-state index in [-0.39, 0.29) is 0 Å². The number of hydrogen-bond donors (Lipinski definition) is 2. The molecule has 3 heteroatoms. The summed E-state index contributed by atoms with van der Waals surface area (Å²) in [5, 5.41) is 0. The molecule has 16 heavy (non-hydrogen) atoms. The molecule has 3 N–H and O–H groups in total. The lowest BCUT2D eigenvalue weighted by Gasteiger charge is -2.07. The van der Waals surface area contributed by atoms with Gasteiger partial charge in [-0.15, -0.1) is 0 Å². The summed E-state index contributed by atoms with van der Waals surface area (Å²) in [5.74, 6) is 1.37. The molecule has 2 aromatic rings. The SMILES string of the molecule is CCc1ccc2nc(C(CC)CN)[nH]c2c1. The van der Waals surface area contributed by atoms with Crippen molar-refractivity contribution in [2.45, 2.75) is 32.6 Å². The Hall–Kier alpha value is -1.35. The van der Waals surface area contributed by atoms with Crippen LogP contribution in [0.15, 0.2) is 18.2 Å². The molecule has 0 bridgehead atoms. The van der Waals surface area contributed by atoms with Crippen LogP contribution in [0.3, 0.4) is 0 Å². The van der Waals surface area contributed by atoms with Crippen LogP contribution < -0.4 is 5.73 Å². The van der Waals surface area contributed by atoms with Crippen LogP contribution >= 0.6 is 0 Å². The average molecular weight is 217 g/mol. The predicted molar refractivity (Wildman–Crippen MR) is 67.6 cm³/mol. The Morgan fingerprint density at radius 1 is 1.38 bits per heavy atom. The second kappa shape index (κ2) is 4.66. The molecule has 0 fully saturated rings. The number of nitrogens with zero attached hydrogens (tertiary/aromatic N) is 1. The lowest BCUT2D eigenvalue weighted by atomic mass is 10.1. The predicted octanol–water partition coefficient (Wildman–Crippen LogP) is 2.58. The van der Waals surface area contributed by atoms with Crippen LogP contribution in [0.5, 0.6) is 0 Å². The van der Waals surface area contributed by atoms with Gasteiger partial charge >= 0.3 is 0 Å². The average Bonchev–Trinajstić information content (AvgIpc) is 2.72. The Bertz CT molecular complexity index is 469. The number of imidazole rings is 1. The van der Waals surface area contributed by atoms with Gasteiger partial charge in [-0.1, -0.05) is 19.9 Å². The van der Waals surface area contributed by atoms with Crippen molar-refractivity contribution in [3.05, 3.63) is 29.6 Å².